The average molecular weight is 354 g/mol. The first kappa shape index (κ1) is 19.5. The highest BCUT2D eigenvalue weighted by Crippen LogP contribution is 2.22. The predicted molar refractivity (Wildman–Crippen MR) is 85.7 cm³/mol. The molecule has 0 saturated carbocycles. The van der Waals surface area contributed by atoms with Gasteiger partial charge in [0.1, 0.15) is 30.2 Å². The van der Waals surface area contributed by atoms with Gasteiger partial charge in [-0.15, -0.1) is 0 Å². The molecule has 25 heavy (non-hydrogen) atoms. The minimum atomic E-state index is -1.46. The Morgan fingerprint density at radius 1 is 1.16 bits per heavy atom. The molecule has 4 N–H and O–H groups in total. The lowest BCUT2D eigenvalue weighted by Gasteiger charge is -2.39. The first-order valence-electron chi connectivity index (χ1n) is 7.81. The van der Waals surface area contributed by atoms with Crippen molar-refractivity contribution in [2.45, 2.75) is 37.1 Å². The molecule has 0 radical (unpaired) electrons. The van der Waals surface area contributed by atoms with Gasteiger partial charge in [-0.1, -0.05) is 18.7 Å². The van der Waals surface area contributed by atoms with Crippen molar-refractivity contribution in [3.05, 3.63) is 42.5 Å². The molecule has 1 aromatic rings. The van der Waals surface area contributed by atoms with Crippen molar-refractivity contribution in [1.82, 2.24) is 0 Å². The third-order valence-corrected chi connectivity index (χ3v) is 3.83. The largest absolute Gasteiger partial charge is 0.423 e. The molecule has 8 nitrogen and oxygen atoms in total. The van der Waals surface area contributed by atoms with Gasteiger partial charge in [-0.2, -0.15) is 0 Å². The van der Waals surface area contributed by atoms with Crippen molar-refractivity contribution in [3.8, 4) is 5.75 Å². The first-order valence-corrected chi connectivity index (χ1v) is 7.81. The highest BCUT2D eigenvalue weighted by atomic mass is 16.7. The summed E-state index contributed by atoms with van der Waals surface area (Å²) in [5.41, 5.74) is 0.892. The number of hydrogen-bond acceptors (Lipinski definition) is 8. The van der Waals surface area contributed by atoms with Crippen LogP contribution in [0.15, 0.2) is 36.9 Å². The van der Waals surface area contributed by atoms with Gasteiger partial charge < -0.3 is 34.6 Å². The lowest BCUT2D eigenvalue weighted by atomic mass is 9.99. The van der Waals surface area contributed by atoms with Gasteiger partial charge in [-0.25, -0.2) is 4.79 Å². The molecule has 8 heteroatoms. The van der Waals surface area contributed by atoms with E-state index < -0.39 is 43.3 Å². The van der Waals surface area contributed by atoms with Crippen LogP contribution in [0.5, 0.6) is 5.75 Å². The molecular weight excluding hydrogens is 332 g/mol. The number of aliphatic hydroxyl groups excluding tert-OH is 4. The SMILES string of the molecule is C=CC(=O)Oc1ccc(CCO[C@@H]2O[C@H](CO)[C@@H](O)[C@H](O)[C@H]2O)cc1. The molecule has 0 aliphatic carbocycles. The highest BCUT2D eigenvalue weighted by Gasteiger charge is 2.43. The molecule has 5 atom stereocenters. The Morgan fingerprint density at radius 2 is 1.84 bits per heavy atom. The summed E-state index contributed by atoms with van der Waals surface area (Å²) in [6.45, 7) is 2.99. The molecule has 0 amide bonds. The molecule has 2 rings (SSSR count). The number of esters is 1. The predicted octanol–water partition coefficient (Wildman–Crippen LogP) is -0.863. The second-order valence-corrected chi connectivity index (χ2v) is 5.59. The molecule has 0 bridgehead atoms. The lowest BCUT2D eigenvalue weighted by Crippen LogP contribution is -2.59. The topological polar surface area (TPSA) is 126 Å². The Bertz CT molecular complexity index is 571. The fourth-order valence-corrected chi connectivity index (χ4v) is 2.38. The Kier molecular flexibility index (Phi) is 7.06. The molecule has 1 fully saturated rings. The van der Waals surface area contributed by atoms with Crippen LogP contribution in [0.3, 0.4) is 0 Å². The summed E-state index contributed by atoms with van der Waals surface area (Å²) in [6.07, 6.45) is -4.89. The fraction of sp³-hybridized carbons (Fsp3) is 0.471. The number of aliphatic hydroxyl groups is 4. The summed E-state index contributed by atoms with van der Waals surface area (Å²) < 4.78 is 15.6. The van der Waals surface area contributed by atoms with Gasteiger partial charge in [0, 0.05) is 6.08 Å². The van der Waals surface area contributed by atoms with E-state index in [0.29, 0.717) is 12.2 Å². The molecule has 1 aliphatic heterocycles. The van der Waals surface area contributed by atoms with E-state index in [-0.39, 0.29) is 6.61 Å². The summed E-state index contributed by atoms with van der Waals surface area (Å²) in [7, 11) is 0. The molecule has 0 unspecified atom stereocenters. The third kappa shape index (κ3) is 5.08. The van der Waals surface area contributed by atoms with Gasteiger partial charge in [-0.05, 0) is 24.1 Å². The molecule has 0 aromatic heterocycles. The van der Waals surface area contributed by atoms with Gasteiger partial charge in [0.05, 0.1) is 13.2 Å². The van der Waals surface area contributed by atoms with Crippen molar-refractivity contribution >= 4 is 5.97 Å². The van der Waals surface area contributed by atoms with Crippen LogP contribution < -0.4 is 4.74 Å². The first-order chi connectivity index (χ1) is 12.0. The number of ether oxygens (including phenoxy) is 3. The van der Waals surface area contributed by atoms with Crippen molar-refractivity contribution < 1.29 is 39.4 Å². The maximum absolute atomic E-state index is 11.1. The Morgan fingerprint density at radius 3 is 2.44 bits per heavy atom. The van der Waals surface area contributed by atoms with Gasteiger partial charge in [0.2, 0.25) is 0 Å². The number of benzene rings is 1. The van der Waals surface area contributed by atoms with E-state index in [0.717, 1.165) is 11.6 Å². The van der Waals surface area contributed by atoms with Crippen molar-refractivity contribution in [1.29, 1.82) is 0 Å². The molecule has 138 valence electrons. The van der Waals surface area contributed by atoms with Crippen molar-refractivity contribution in [3.63, 3.8) is 0 Å². The molecule has 1 aromatic carbocycles. The Balaban J connectivity index is 1.83. The van der Waals surface area contributed by atoms with E-state index in [9.17, 15) is 20.1 Å². The van der Waals surface area contributed by atoms with E-state index in [4.69, 9.17) is 19.3 Å². The van der Waals surface area contributed by atoms with Crippen LogP contribution in [-0.2, 0) is 20.7 Å². The zero-order valence-electron chi connectivity index (χ0n) is 13.5. The van der Waals surface area contributed by atoms with Crippen LogP contribution in [-0.4, -0.2) is 70.3 Å². The van der Waals surface area contributed by atoms with Crippen LogP contribution in [0.25, 0.3) is 0 Å². The van der Waals surface area contributed by atoms with Crippen LogP contribution in [0.4, 0.5) is 0 Å². The van der Waals surface area contributed by atoms with E-state index in [2.05, 4.69) is 6.58 Å². The minimum Gasteiger partial charge on any atom is -0.423 e. The zero-order chi connectivity index (χ0) is 18.4. The van der Waals surface area contributed by atoms with E-state index in [1.807, 2.05) is 0 Å². The van der Waals surface area contributed by atoms with Crippen LogP contribution >= 0.6 is 0 Å². The third-order valence-electron chi connectivity index (χ3n) is 3.83. The number of rotatable bonds is 7. The summed E-state index contributed by atoms with van der Waals surface area (Å²) in [5, 5.41) is 38.4. The summed E-state index contributed by atoms with van der Waals surface area (Å²) >= 11 is 0. The monoisotopic (exact) mass is 354 g/mol. The number of hydrogen-bond donors (Lipinski definition) is 4. The quantitative estimate of drug-likeness (QED) is 0.283. The Labute approximate surface area is 144 Å². The van der Waals surface area contributed by atoms with E-state index in [1.165, 1.54) is 0 Å². The van der Waals surface area contributed by atoms with Gasteiger partial charge >= 0.3 is 5.97 Å². The van der Waals surface area contributed by atoms with Gasteiger partial charge in [0.25, 0.3) is 0 Å². The minimum absolute atomic E-state index is 0.175. The summed E-state index contributed by atoms with van der Waals surface area (Å²) in [4.78, 5) is 11.1. The second kappa shape index (κ2) is 9.04. The Hall–Kier alpha value is -1.81. The number of carbonyl (C=O) groups is 1. The van der Waals surface area contributed by atoms with Crippen LogP contribution in [0.2, 0.25) is 0 Å². The second-order valence-electron chi connectivity index (χ2n) is 5.59. The zero-order valence-corrected chi connectivity index (χ0v) is 13.5. The maximum Gasteiger partial charge on any atom is 0.335 e. The highest BCUT2D eigenvalue weighted by molar-refractivity contribution is 5.83. The van der Waals surface area contributed by atoms with Gasteiger partial charge in [0.15, 0.2) is 6.29 Å². The van der Waals surface area contributed by atoms with Crippen LogP contribution in [0, 0.1) is 0 Å². The molecule has 1 aliphatic rings. The maximum atomic E-state index is 11.1. The smallest absolute Gasteiger partial charge is 0.335 e. The summed E-state index contributed by atoms with van der Waals surface area (Å²) in [6, 6.07) is 6.76. The molecule has 1 saturated heterocycles. The van der Waals surface area contributed by atoms with Crippen molar-refractivity contribution in [2.24, 2.45) is 0 Å². The van der Waals surface area contributed by atoms with E-state index in [1.54, 1.807) is 24.3 Å². The van der Waals surface area contributed by atoms with Crippen LogP contribution in [0.1, 0.15) is 5.56 Å². The molecular formula is C17H22O8. The molecule has 0 spiro atoms. The average Bonchev–Trinajstić information content (AvgIpc) is 2.63. The molecule has 1 heterocycles. The lowest BCUT2D eigenvalue weighted by molar-refractivity contribution is -0.300. The summed E-state index contributed by atoms with van der Waals surface area (Å²) in [5.74, 6) is -0.151. The fourth-order valence-electron chi connectivity index (χ4n) is 2.38. The van der Waals surface area contributed by atoms with Gasteiger partial charge in [-0.3, -0.25) is 0 Å². The number of carbonyl (C=O) groups excluding carboxylic acids is 1. The van der Waals surface area contributed by atoms with Crippen molar-refractivity contribution in [2.75, 3.05) is 13.2 Å². The van der Waals surface area contributed by atoms with E-state index >= 15 is 0 Å². The normalized spacial score (nSPS) is 29.2. The standard InChI is InChI=1S/C17H22O8/c1-2-13(19)24-11-5-3-10(4-6-11)7-8-23-17-16(22)15(21)14(20)12(9-18)25-17/h2-6,12,14-18,20-22H,1,7-9H2/t12-,14-,15+,16-,17-/m1/s1.